The topological polar surface area (TPSA) is 91.8 Å². The molecule has 0 aliphatic heterocycles. The first-order valence-corrected chi connectivity index (χ1v) is 13.2. The maximum atomic E-state index is 12.9. The zero-order valence-corrected chi connectivity index (χ0v) is 23.0. The van der Waals surface area contributed by atoms with Crippen LogP contribution in [-0.2, 0) is 12.8 Å². The summed E-state index contributed by atoms with van der Waals surface area (Å²) in [5, 5.41) is 9.30. The highest BCUT2D eigenvalue weighted by atomic mass is 16.1. The quantitative estimate of drug-likeness (QED) is 0.235. The molecule has 4 rings (SSSR count). The molecule has 0 spiro atoms. The highest BCUT2D eigenvalue weighted by Crippen LogP contribution is 2.25. The molecule has 0 saturated carbocycles. The van der Waals surface area contributed by atoms with Crippen molar-refractivity contribution in [1.29, 1.82) is 0 Å². The average molecular weight is 511 g/mol. The summed E-state index contributed by atoms with van der Waals surface area (Å²) in [7, 11) is 1.96. The number of nitrogens with zero attached hydrogens (tertiary/aromatic N) is 3. The number of pyridine rings is 1. The van der Waals surface area contributed by atoms with Crippen molar-refractivity contribution in [3.8, 4) is 11.3 Å². The van der Waals surface area contributed by atoms with Gasteiger partial charge in [0.05, 0.1) is 5.69 Å². The van der Waals surface area contributed by atoms with E-state index < -0.39 is 0 Å². The van der Waals surface area contributed by atoms with Gasteiger partial charge >= 0.3 is 0 Å². The Morgan fingerprint density at radius 2 is 1.74 bits per heavy atom. The van der Waals surface area contributed by atoms with Gasteiger partial charge in [0.15, 0.2) is 0 Å². The van der Waals surface area contributed by atoms with Crippen LogP contribution in [0, 0.1) is 6.92 Å². The smallest absolute Gasteiger partial charge is 0.255 e. The van der Waals surface area contributed by atoms with Crippen molar-refractivity contribution in [2.45, 2.75) is 47.0 Å². The fourth-order valence-corrected chi connectivity index (χ4v) is 3.94. The van der Waals surface area contributed by atoms with E-state index in [9.17, 15) is 4.79 Å². The normalized spacial score (nSPS) is 10.3. The third-order valence-electron chi connectivity index (χ3n) is 6.09. The lowest BCUT2D eigenvalue weighted by atomic mass is 10.00. The van der Waals surface area contributed by atoms with Crippen molar-refractivity contribution >= 4 is 23.2 Å². The number of aromatic nitrogens is 3. The summed E-state index contributed by atoms with van der Waals surface area (Å²) in [5.41, 5.74) is 7.40. The van der Waals surface area contributed by atoms with Crippen LogP contribution in [-0.4, -0.2) is 34.5 Å². The summed E-state index contributed by atoms with van der Waals surface area (Å²) < 4.78 is 0. The number of carbonyl (C=O) groups excluding carboxylic acids is 1. The van der Waals surface area contributed by atoms with Gasteiger partial charge in [-0.1, -0.05) is 32.9 Å². The molecule has 198 valence electrons. The standard InChI is InChI=1S/C27H27N5O.C4H11N/c1-4-19-9-10-21(15-20(19)5-2)26(33)30-23-11-8-18(3)25(16-23)32-27-29-14-12-24(31-27)22-7-6-13-28-17-22;1-3-4-5-2/h6-17H,4-5H2,1-3H3,(H,30,33)(H,29,31,32);5H,3-4H2,1-2H3. The molecule has 0 atom stereocenters. The van der Waals surface area contributed by atoms with Gasteiger partial charge in [-0.25, -0.2) is 9.97 Å². The molecule has 0 aliphatic rings. The summed E-state index contributed by atoms with van der Waals surface area (Å²) in [5.74, 6) is 0.350. The number of hydrogen-bond acceptors (Lipinski definition) is 6. The molecule has 7 nitrogen and oxygen atoms in total. The Labute approximate surface area is 226 Å². The second-order valence-electron chi connectivity index (χ2n) is 8.91. The van der Waals surface area contributed by atoms with Gasteiger partial charge in [0.2, 0.25) is 5.95 Å². The number of hydrogen-bond donors (Lipinski definition) is 3. The largest absolute Gasteiger partial charge is 0.324 e. The van der Waals surface area contributed by atoms with E-state index in [4.69, 9.17) is 0 Å². The fourth-order valence-electron chi connectivity index (χ4n) is 3.94. The minimum atomic E-state index is -0.128. The molecule has 0 fully saturated rings. The monoisotopic (exact) mass is 510 g/mol. The molecule has 0 bridgehead atoms. The van der Waals surface area contributed by atoms with Crippen molar-refractivity contribution in [2.24, 2.45) is 0 Å². The van der Waals surface area contributed by atoms with Gasteiger partial charge in [0.1, 0.15) is 0 Å². The van der Waals surface area contributed by atoms with Gasteiger partial charge in [0, 0.05) is 41.1 Å². The molecular formula is C31H38N6O. The summed E-state index contributed by atoms with van der Waals surface area (Å²) in [6.07, 6.45) is 8.31. The van der Waals surface area contributed by atoms with Crippen molar-refractivity contribution in [2.75, 3.05) is 24.2 Å². The molecular weight excluding hydrogens is 472 g/mol. The van der Waals surface area contributed by atoms with E-state index in [1.807, 2.05) is 68.6 Å². The first-order valence-electron chi connectivity index (χ1n) is 13.2. The molecule has 0 radical (unpaired) electrons. The summed E-state index contributed by atoms with van der Waals surface area (Å²) in [4.78, 5) is 26.0. The molecule has 2 aromatic heterocycles. The first kappa shape index (κ1) is 28.5. The number of benzene rings is 2. The van der Waals surface area contributed by atoms with Crippen LogP contribution in [0.2, 0.25) is 0 Å². The molecule has 0 unspecified atom stereocenters. The van der Waals surface area contributed by atoms with E-state index in [0.717, 1.165) is 41.9 Å². The van der Waals surface area contributed by atoms with Gasteiger partial charge in [-0.3, -0.25) is 9.78 Å². The van der Waals surface area contributed by atoms with Gasteiger partial charge < -0.3 is 16.0 Å². The molecule has 7 heteroatoms. The Kier molecular flexibility index (Phi) is 10.9. The zero-order valence-electron chi connectivity index (χ0n) is 23.0. The van der Waals surface area contributed by atoms with Crippen molar-refractivity contribution in [1.82, 2.24) is 20.3 Å². The second-order valence-corrected chi connectivity index (χ2v) is 8.91. The summed E-state index contributed by atoms with van der Waals surface area (Å²) in [6.45, 7) is 9.52. The molecule has 0 saturated heterocycles. The molecule has 38 heavy (non-hydrogen) atoms. The minimum absolute atomic E-state index is 0.128. The van der Waals surface area contributed by atoms with Gasteiger partial charge in [0.25, 0.3) is 5.91 Å². The van der Waals surface area contributed by atoms with Crippen LogP contribution >= 0.6 is 0 Å². The Hall–Kier alpha value is -4.10. The molecule has 2 heterocycles. The van der Waals surface area contributed by atoms with Crippen LogP contribution in [0.4, 0.5) is 17.3 Å². The SMILES string of the molecule is CCCNC.CCc1ccc(C(=O)Nc2ccc(C)c(Nc3nccc(-c4cccnc4)n3)c2)cc1CC. The number of amides is 1. The lowest BCUT2D eigenvalue weighted by Gasteiger charge is -2.13. The van der Waals surface area contributed by atoms with Crippen LogP contribution in [0.1, 0.15) is 54.2 Å². The molecule has 1 amide bonds. The predicted molar refractivity (Wildman–Crippen MR) is 157 cm³/mol. The molecule has 4 aromatic rings. The Morgan fingerprint density at radius 3 is 2.39 bits per heavy atom. The van der Waals surface area contributed by atoms with E-state index in [2.05, 4.69) is 51.7 Å². The lowest BCUT2D eigenvalue weighted by molar-refractivity contribution is 0.102. The van der Waals surface area contributed by atoms with Gasteiger partial charge in [-0.05, 0) is 98.9 Å². The Bertz CT molecular complexity index is 1320. The first-order chi connectivity index (χ1) is 18.5. The molecule has 2 aromatic carbocycles. The Balaban J connectivity index is 0.000000732. The second kappa shape index (κ2) is 14.6. The summed E-state index contributed by atoms with van der Waals surface area (Å²) in [6, 6.07) is 17.3. The van der Waals surface area contributed by atoms with Crippen LogP contribution < -0.4 is 16.0 Å². The van der Waals surface area contributed by atoms with Crippen LogP contribution in [0.15, 0.2) is 73.2 Å². The number of carbonyl (C=O) groups is 1. The van der Waals surface area contributed by atoms with Gasteiger partial charge in [-0.2, -0.15) is 0 Å². The number of nitrogens with one attached hydrogen (secondary N) is 3. The van der Waals surface area contributed by atoms with Crippen molar-refractivity contribution in [3.63, 3.8) is 0 Å². The lowest BCUT2D eigenvalue weighted by Crippen LogP contribution is -2.13. The van der Waals surface area contributed by atoms with Crippen molar-refractivity contribution < 1.29 is 4.79 Å². The van der Waals surface area contributed by atoms with Crippen LogP contribution in [0.5, 0.6) is 0 Å². The van der Waals surface area contributed by atoms with E-state index in [1.165, 1.54) is 17.5 Å². The average Bonchev–Trinajstić information content (AvgIpc) is 2.96. The van der Waals surface area contributed by atoms with Crippen LogP contribution in [0.3, 0.4) is 0 Å². The predicted octanol–water partition coefficient (Wildman–Crippen LogP) is 6.58. The van der Waals surface area contributed by atoms with Crippen LogP contribution in [0.25, 0.3) is 11.3 Å². The van der Waals surface area contributed by atoms with Crippen molar-refractivity contribution in [3.05, 3.63) is 95.4 Å². The fraction of sp³-hybridized carbons (Fsp3) is 0.290. The Morgan fingerprint density at radius 1 is 0.921 bits per heavy atom. The third kappa shape index (κ3) is 7.95. The molecule has 3 N–H and O–H groups in total. The highest BCUT2D eigenvalue weighted by Gasteiger charge is 2.11. The zero-order chi connectivity index (χ0) is 27.3. The van der Waals surface area contributed by atoms with E-state index in [-0.39, 0.29) is 5.91 Å². The number of aryl methyl sites for hydroxylation is 3. The van der Waals surface area contributed by atoms with Gasteiger partial charge in [-0.15, -0.1) is 0 Å². The molecule has 0 aliphatic carbocycles. The van der Waals surface area contributed by atoms with E-state index in [1.54, 1.807) is 18.6 Å². The maximum Gasteiger partial charge on any atom is 0.255 e. The van der Waals surface area contributed by atoms with E-state index >= 15 is 0 Å². The third-order valence-corrected chi connectivity index (χ3v) is 6.09. The summed E-state index contributed by atoms with van der Waals surface area (Å²) >= 11 is 0. The number of anilines is 3. The highest BCUT2D eigenvalue weighted by molar-refractivity contribution is 6.04. The minimum Gasteiger partial charge on any atom is -0.324 e. The number of rotatable bonds is 9. The maximum absolute atomic E-state index is 12.9. The van der Waals surface area contributed by atoms with E-state index in [0.29, 0.717) is 17.2 Å².